The van der Waals surface area contributed by atoms with E-state index in [1.807, 2.05) is 0 Å². The van der Waals surface area contributed by atoms with Gasteiger partial charge in [0.2, 0.25) is 0 Å². The molecule has 5 heteroatoms. The number of rotatable bonds is 8. The Labute approximate surface area is 99.7 Å². The zero-order chi connectivity index (χ0) is 12.5. The second kappa shape index (κ2) is 7.97. The molecule has 0 fully saturated rings. The Morgan fingerprint density at radius 1 is 1.12 bits per heavy atom. The van der Waals surface area contributed by atoms with Crippen LogP contribution in [0.15, 0.2) is 18.2 Å². The van der Waals surface area contributed by atoms with Gasteiger partial charge in [0.05, 0.1) is 0 Å². The van der Waals surface area contributed by atoms with Crippen LogP contribution in [0, 0.1) is 11.6 Å². The predicted molar refractivity (Wildman–Crippen MR) is 61.2 cm³/mol. The molecule has 0 amide bonds. The summed E-state index contributed by atoms with van der Waals surface area (Å²) in [5.74, 6) is -1.42. The third-order valence-electron chi connectivity index (χ3n) is 2.14. The van der Waals surface area contributed by atoms with Crippen molar-refractivity contribution in [2.45, 2.75) is 6.42 Å². The Balaban J connectivity index is 2.11. The largest absolute Gasteiger partial charge is 0.492 e. The van der Waals surface area contributed by atoms with Crippen LogP contribution in [0.4, 0.5) is 8.78 Å². The van der Waals surface area contributed by atoms with Crippen molar-refractivity contribution in [3.05, 3.63) is 29.8 Å². The Morgan fingerprint density at radius 3 is 2.65 bits per heavy atom. The lowest BCUT2D eigenvalue weighted by Crippen LogP contribution is -2.22. The van der Waals surface area contributed by atoms with Gasteiger partial charge in [0.25, 0.3) is 0 Å². The third kappa shape index (κ3) is 5.60. The molecule has 1 aromatic carbocycles. The number of methoxy groups -OCH3 is 1. The smallest absolute Gasteiger partial charge is 0.162 e. The van der Waals surface area contributed by atoms with Crippen molar-refractivity contribution in [2.24, 2.45) is 0 Å². The Hall–Kier alpha value is -1.20. The summed E-state index contributed by atoms with van der Waals surface area (Å²) in [6, 6.07) is 3.50. The third-order valence-corrected chi connectivity index (χ3v) is 2.14. The van der Waals surface area contributed by atoms with Gasteiger partial charge < -0.3 is 14.8 Å². The monoisotopic (exact) mass is 245 g/mol. The molecule has 17 heavy (non-hydrogen) atoms. The first-order valence-electron chi connectivity index (χ1n) is 5.51. The van der Waals surface area contributed by atoms with E-state index in [0.717, 1.165) is 31.7 Å². The average molecular weight is 245 g/mol. The molecular weight excluding hydrogens is 228 g/mol. The van der Waals surface area contributed by atoms with Crippen molar-refractivity contribution in [2.75, 3.05) is 33.4 Å². The predicted octanol–water partition coefficient (Wildman–Crippen LogP) is 1.97. The highest BCUT2D eigenvalue weighted by molar-refractivity contribution is 5.23. The number of halogens is 2. The normalized spacial score (nSPS) is 10.5. The summed E-state index contributed by atoms with van der Waals surface area (Å²) in [5, 5.41) is 3.14. The average Bonchev–Trinajstić information content (AvgIpc) is 2.32. The summed E-state index contributed by atoms with van der Waals surface area (Å²) in [4.78, 5) is 0. The first-order valence-corrected chi connectivity index (χ1v) is 5.51. The van der Waals surface area contributed by atoms with E-state index in [9.17, 15) is 8.78 Å². The molecule has 0 aliphatic rings. The summed E-state index contributed by atoms with van der Waals surface area (Å²) < 4.78 is 35.6. The van der Waals surface area contributed by atoms with Gasteiger partial charge in [-0.05, 0) is 25.1 Å². The quantitative estimate of drug-likeness (QED) is 0.710. The van der Waals surface area contributed by atoms with Crippen LogP contribution in [0.1, 0.15) is 6.42 Å². The minimum absolute atomic E-state index is 0.336. The zero-order valence-electron chi connectivity index (χ0n) is 9.84. The fraction of sp³-hybridized carbons (Fsp3) is 0.500. The van der Waals surface area contributed by atoms with Gasteiger partial charge in [0, 0.05) is 26.3 Å². The van der Waals surface area contributed by atoms with Gasteiger partial charge in [-0.3, -0.25) is 0 Å². The minimum atomic E-state index is -0.893. The number of hydrogen-bond acceptors (Lipinski definition) is 3. The van der Waals surface area contributed by atoms with Crippen molar-refractivity contribution >= 4 is 0 Å². The molecule has 0 aromatic heterocycles. The maximum absolute atomic E-state index is 12.8. The van der Waals surface area contributed by atoms with Gasteiger partial charge in [-0.15, -0.1) is 0 Å². The SMILES string of the molecule is COCCCNCCOc1ccc(F)c(F)c1. The second-order valence-electron chi connectivity index (χ2n) is 3.52. The molecule has 0 aliphatic carbocycles. The molecule has 0 radical (unpaired) electrons. The second-order valence-corrected chi connectivity index (χ2v) is 3.52. The zero-order valence-corrected chi connectivity index (χ0v) is 9.84. The van der Waals surface area contributed by atoms with E-state index in [0.29, 0.717) is 18.9 Å². The first kappa shape index (κ1) is 13.9. The van der Waals surface area contributed by atoms with Crippen LogP contribution < -0.4 is 10.1 Å². The van der Waals surface area contributed by atoms with Gasteiger partial charge in [-0.25, -0.2) is 8.78 Å². The van der Waals surface area contributed by atoms with Gasteiger partial charge >= 0.3 is 0 Å². The summed E-state index contributed by atoms with van der Waals surface area (Å²) in [6.45, 7) is 2.63. The van der Waals surface area contributed by atoms with E-state index >= 15 is 0 Å². The number of ether oxygens (including phenoxy) is 2. The molecule has 1 rings (SSSR count). The van der Waals surface area contributed by atoms with Crippen LogP contribution in [0.25, 0.3) is 0 Å². The Morgan fingerprint density at radius 2 is 1.94 bits per heavy atom. The molecule has 0 aliphatic heterocycles. The van der Waals surface area contributed by atoms with Gasteiger partial charge in [0.1, 0.15) is 12.4 Å². The van der Waals surface area contributed by atoms with Crippen LogP contribution in [0.2, 0.25) is 0 Å². The molecule has 0 unspecified atom stereocenters. The molecule has 0 bridgehead atoms. The van der Waals surface area contributed by atoms with E-state index < -0.39 is 11.6 Å². The van der Waals surface area contributed by atoms with Crippen molar-refractivity contribution in [1.29, 1.82) is 0 Å². The molecule has 0 heterocycles. The first-order chi connectivity index (χ1) is 8.24. The van der Waals surface area contributed by atoms with Gasteiger partial charge in [-0.1, -0.05) is 0 Å². The topological polar surface area (TPSA) is 30.5 Å². The molecular formula is C12H17F2NO2. The summed E-state index contributed by atoms with van der Waals surface area (Å²) in [6.07, 6.45) is 0.932. The van der Waals surface area contributed by atoms with E-state index in [1.54, 1.807) is 7.11 Å². The van der Waals surface area contributed by atoms with Crippen LogP contribution in [0.5, 0.6) is 5.75 Å². The molecule has 3 nitrogen and oxygen atoms in total. The lowest BCUT2D eigenvalue weighted by atomic mass is 10.3. The summed E-state index contributed by atoms with van der Waals surface area (Å²) in [7, 11) is 1.66. The minimum Gasteiger partial charge on any atom is -0.492 e. The molecule has 0 atom stereocenters. The molecule has 0 saturated heterocycles. The molecule has 0 spiro atoms. The fourth-order valence-corrected chi connectivity index (χ4v) is 1.27. The van der Waals surface area contributed by atoms with E-state index in [2.05, 4.69) is 5.32 Å². The number of benzene rings is 1. The maximum atomic E-state index is 12.8. The molecule has 1 N–H and O–H groups in total. The molecule has 0 saturated carbocycles. The van der Waals surface area contributed by atoms with E-state index in [4.69, 9.17) is 9.47 Å². The highest BCUT2D eigenvalue weighted by Gasteiger charge is 2.02. The van der Waals surface area contributed by atoms with Crippen LogP contribution in [-0.4, -0.2) is 33.4 Å². The number of nitrogens with one attached hydrogen (secondary N) is 1. The van der Waals surface area contributed by atoms with Crippen molar-refractivity contribution in [3.63, 3.8) is 0 Å². The maximum Gasteiger partial charge on any atom is 0.162 e. The Kier molecular flexibility index (Phi) is 6.50. The number of hydrogen-bond donors (Lipinski definition) is 1. The van der Waals surface area contributed by atoms with E-state index in [1.165, 1.54) is 6.07 Å². The highest BCUT2D eigenvalue weighted by Crippen LogP contribution is 2.14. The van der Waals surface area contributed by atoms with Crippen LogP contribution in [0.3, 0.4) is 0 Å². The highest BCUT2D eigenvalue weighted by atomic mass is 19.2. The summed E-state index contributed by atoms with van der Waals surface area (Å²) in [5.41, 5.74) is 0. The van der Waals surface area contributed by atoms with Gasteiger partial charge in [0.15, 0.2) is 11.6 Å². The molecule has 1 aromatic rings. The summed E-state index contributed by atoms with van der Waals surface area (Å²) >= 11 is 0. The lowest BCUT2D eigenvalue weighted by Gasteiger charge is -2.07. The standard InChI is InChI=1S/C12H17F2NO2/c1-16-7-2-5-15-6-8-17-10-3-4-11(13)12(14)9-10/h3-4,9,15H,2,5-8H2,1H3. The van der Waals surface area contributed by atoms with Crippen LogP contribution >= 0.6 is 0 Å². The van der Waals surface area contributed by atoms with Crippen molar-refractivity contribution in [3.8, 4) is 5.75 Å². The van der Waals surface area contributed by atoms with Crippen molar-refractivity contribution in [1.82, 2.24) is 5.32 Å². The molecule has 96 valence electrons. The van der Waals surface area contributed by atoms with E-state index in [-0.39, 0.29) is 0 Å². The Bertz CT molecular complexity index is 334. The van der Waals surface area contributed by atoms with Crippen molar-refractivity contribution < 1.29 is 18.3 Å². The van der Waals surface area contributed by atoms with Crippen LogP contribution in [-0.2, 0) is 4.74 Å². The lowest BCUT2D eigenvalue weighted by molar-refractivity contribution is 0.193. The fourth-order valence-electron chi connectivity index (χ4n) is 1.27. The van der Waals surface area contributed by atoms with Gasteiger partial charge in [-0.2, -0.15) is 0 Å².